The molecule has 0 aromatic heterocycles. The zero-order valence-electron chi connectivity index (χ0n) is 11.4. The molecule has 0 aliphatic carbocycles. The molecular formula is C16H14N2O3. The summed E-state index contributed by atoms with van der Waals surface area (Å²) in [4.78, 5) is 11.3. The Bertz CT molecular complexity index is 633. The second-order valence-corrected chi connectivity index (χ2v) is 4.17. The van der Waals surface area contributed by atoms with E-state index in [1.807, 2.05) is 36.4 Å². The quantitative estimate of drug-likeness (QED) is 0.854. The van der Waals surface area contributed by atoms with Gasteiger partial charge >= 0.3 is 5.97 Å². The molecule has 2 aromatic carbocycles. The highest BCUT2D eigenvalue weighted by molar-refractivity contribution is 5.82. The van der Waals surface area contributed by atoms with Crippen LogP contribution in [-0.2, 0) is 9.53 Å². The molecule has 5 nitrogen and oxygen atoms in total. The number of ether oxygens (including phenoxy) is 2. The Morgan fingerprint density at radius 2 is 1.71 bits per heavy atom. The molecule has 0 aliphatic heterocycles. The van der Waals surface area contributed by atoms with Gasteiger partial charge in [-0.3, -0.25) is 0 Å². The first-order valence-corrected chi connectivity index (χ1v) is 6.30. The van der Waals surface area contributed by atoms with E-state index < -0.39 is 12.0 Å². The fourth-order valence-corrected chi connectivity index (χ4v) is 1.67. The van der Waals surface area contributed by atoms with Gasteiger partial charge in [0.2, 0.25) is 6.04 Å². The number of nitrogens with one attached hydrogen (secondary N) is 1. The largest absolute Gasteiger partial charge is 0.467 e. The van der Waals surface area contributed by atoms with Gasteiger partial charge in [0.05, 0.1) is 13.2 Å². The number of rotatable bonds is 5. The fourth-order valence-electron chi connectivity index (χ4n) is 1.67. The van der Waals surface area contributed by atoms with Gasteiger partial charge in [-0.1, -0.05) is 18.2 Å². The molecule has 21 heavy (non-hydrogen) atoms. The van der Waals surface area contributed by atoms with E-state index in [9.17, 15) is 4.79 Å². The minimum absolute atomic E-state index is 0.623. The number of anilines is 1. The van der Waals surface area contributed by atoms with Crippen LogP contribution >= 0.6 is 0 Å². The van der Waals surface area contributed by atoms with E-state index in [4.69, 9.17) is 10.00 Å². The molecule has 2 aromatic rings. The lowest BCUT2D eigenvalue weighted by Gasteiger charge is -2.11. The van der Waals surface area contributed by atoms with Gasteiger partial charge in [-0.25, -0.2) is 4.79 Å². The van der Waals surface area contributed by atoms with Crippen molar-refractivity contribution in [2.75, 3.05) is 12.4 Å². The van der Waals surface area contributed by atoms with Gasteiger partial charge in [0.15, 0.2) is 0 Å². The molecule has 106 valence electrons. The van der Waals surface area contributed by atoms with Gasteiger partial charge in [-0.05, 0) is 36.4 Å². The van der Waals surface area contributed by atoms with Crippen LogP contribution in [0.1, 0.15) is 0 Å². The number of para-hydroxylation sites is 1. The number of nitrogens with zero attached hydrogens (tertiary/aromatic N) is 1. The second-order valence-electron chi connectivity index (χ2n) is 4.17. The third kappa shape index (κ3) is 3.98. The maximum Gasteiger partial charge on any atom is 0.343 e. The molecule has 2 rings (SSSR count). The molecule has 0 heterocycles. The maximum atomic E-state index is 11.3. The Morgan fingerprint density at radius 3 is 2.29 bits per heavy atom. The summed E-state index contributed by atoms with van der Waals surface area (Å²) in [5.74, 6) is 0.781. The van der Waals surface area contributed by atoms with Crippen LogP contribution in [0.5, 0.6) is 11.5 Å². The van der Waals surface area contributed by atoms with Crippen LogP contribution in [0.15, 0.2) is 54.6 Å². The Kier molecular flexibility index (Phi) is 4.78. The van der Waals surface area contributed by atoms with Crippen molar-refractivity contribution in [3.8, 4) is 17.6 Å². The number of nitriles is 1. The predicted molar refractivity (Wildman–Crippen MR) is 78.0 cm³/mol. The highest BCUT2D eigenvalue weighted by atomic mass is 16.5. The molecule has 0 spiro atoms. The zero-order chi connectivity index (χ0) is 15.1. The van der Waals surface area contributed by atoms with Gasteiger partial charge in [-0.15, -0.1) is 0 Å². The highest BCUT2D eigenvalue weighted by Crippen LogP contribution is 2.22. The monoisotopic (exact) mass is 282 g/mol. The molecule has 1 atom stereocenters. The molecule has 0 amide bonds. The van der Waals surface area contributed by atoms with Crippen molar-refractivity contribution >= 4 is 11.7 Å². The van der Waals surface area contributed by atoms with Gasteiger partial charge in [0.25, 0.3) is 0 Å². The average molecular weight is 282 g/mol. The number of methoxy groups -OCH3 is 1. The topological polar surface area (TPSA) is 71.4 Å². The van der Waals surface area contributed by atoms with Crippen molar-refractivity contribution in [2.45, 2.75) is 6.04 Å². The number of carbonyl (C=O) groups is 1. The Balaban J connectivity index is 2.02. The van der Waals surface area contributed by atoms with Crippen molar-refractivity contribution < 1.29 is 14.3 Å². The molecule has 0 bridgehead atoms. The van der Waals surface area contributed by atoms with Gasteiger partial charge in [0, 0.05) is 5.69 Å². The number of carbonyl (C=O) groups excluding carboxylic acids is 1. The number of esters is 1. The summed E-state index contributed by atoms with van der Waals surface area (Å²) in [7, 11) is 1.24. The van der Waals surface area contributed by atoms with Crippen LogP contribution in [-0.4, -0.2) is 19.1 Å². The standard InChI is InChI=1S/C16H14N2O3/c1-20-16(19)15(11-17)18-12-7-9-14(10-8-12)21-13-5-3-2-4-6-13/h2-10,15,18H,1H3. The van der Waals surface area contributed by atoms with Crippen LogP contribution in [0.3, 0.4) is 0 Å². The fraction of sp³-hybridized carbons (Fsp3) is 0.125. The zero-order valence-corrected chi connectivity index (χ0v) is 11.4. The van der Waals surface area contributed by atoms with Crippen molar-refractivity contribution in [1.29, 1.82) is 5.26 Å². The summed E-state index contributed by atoms with van der Waals surface area (Å²) in [6.45, 7) is 0. The lowest BCUT2D eigenvalue weighted by Crippen LogP contribution is -2.28. The summed E-state index contributed by atoms with van der Waals surface area (Å²) in [5.41, 5.74) is 0.632. The van der Waals surface area contributed by atoms with Crippen LogP contribution in [0.2, 0.25) is 0 Å². The van der Waals surface area contributed by atoms with E-state index >= 15 is 0 Å². The second kappa shape index (κ2) is 6.96. The third-order valence-electron chi connectivity index (χ3n) is 2.71. The summed E-state index contributed by atoms with van der Waals surface area (Å²) in [6, 6.07) is 17.2. The van der Waals surface area contributed by atoms with Gasteiger partial charge in [-0.2, -0.15) is 5.26 Å². The maximum absolute atomic E-state index is 11.3. The third-order valence-corrected chi connectivity index (χ3v) is 2.71. The van der Waals surface area contributed by atoms with Crippen molar-refractivity contribution in [2.24, 2.45) is 0 Å². The minimum Gasteiger partial charge on any atom is -0.467 e. The number of benzene rings is 2. The van der Waals surface area contributed by atoms with Crippen LogP contribution in [0.4, 0.5) is 5.69 Å². The van der Waals surface area contributed by atoms with Crippen molar-refractivity contribution in [3.05, 3.63) is 54.6 Å². The first kappa shape index (κ1) is 14.4. The molecule has 0 fully saturated rings. The molecule has 5 heteroatoms. The van der Waals surface area contributed by atoms with E-state index in [0.29, 0.717) is 11.4 Å². The lowest BCUT2D eigenvalue weighted by atomic mass is 10.2. The smallest absolute Gasteiger partial charge is 0.343 e. The van der Waals surface area contributed by atoms with E-state index in [-0.39, 0.29) is 0 Å². The number of hydrogen-bond donors (Lipinski definition) is 1. The van der Waals surface area contributed by atoms with Crippen LogP contribution in [0, 0.1) is 11.3 Å². The van der Waals surface area contributed by atoms with E-state index in [1.165, 1.54) is 7.11 Å². The molecule has 0 radical (unpaired) electrons. The highest BCUT2D eigenvalue weighted by Gasteiger charge is 2.17. The lowest BCUT2D eigenvalue weighted by molar-refractivity contribution is -0.140. The Hall–Kier alpha value is -3.00. The van der Waals surface area contributed by atoms with Crippen LogP contribution in [0.25, 0.3) is 0 Å². The number of hydrogen-bond acceptors (Lipinski definition) is 5. The van der Waals surface area contributed by atoms with Crippen molar-refractivity contribution in [1.82, 2.24) is 0 Å². The SMILES string of the molecule is COC(=O)C(C#N)Nc1ccc(Oc2ccccc2)cc1. The van der Waals surface area contributed by atoms with E-state index in [0.717, 1.165) is 5.75 Å². The van der Waals surface area contributed by atoms with Crippen molar-refractivity contribution in [3.63, 3.8) is 0 Å². The molecule has 0 saturated heterocycles. The van der Waals surface area contributed by atoms with Crippen LogP contribution < -0.4 is 10.1 Å². The molecule has 1 N–H and O–H groups in total. The molecule has 1 unspecified atom stereocenters. The Labute approximate surface area is 122 Å². The minimum atomic E-state index is -1.03. The average Bonchev–Trinajstić information content (AvgIpc) is 2.54. The first-order valence-electron chi connectivity index (χ1n) is 6.30. The Morgan fingerprint density at radius 1 is 1.10 bits per heavy atom. The molecule has 0 saturated carbocycles. The molecule has 0 aliphatic rings. The summed E-state index contributed by atoms with van der Waals surface area (Å²) in [5, 5.41) is 11.7. The normalized spacial score (nSPS) is 11.0. The van der Waals surface area contributed by atoms with Gasteiger partial charge < -0.3 is 14.8 Å². The molecular weight excluding hydrogens is 268 g/mol. The predicted octanol–water partition coefficient (Wildman–Crippen LogP) is 2.96. The first-order chi connectivity index (χ1) is 10.2. The van der Waals surface area contributed by atoms with E-state index in [1.54, 1.807) is 24.3 Å². The van der Waals surface area contributed by atoms with Gasteiger partial charge in [0.1, 0.15) is 11.5 Å². The summed E-state index contributed by atoms with van der Waals surface area (Å²) >= 11 is 0. The van der Waals surface area contributed by atoms with E-state index in [2.05, 4.69) is 10.1 Å². The summed E-state index contributed by atoms with van der Waals surface area (Å²) < 4.78 is 10.2. The summed E-state index contributed by atoms with van der Waals surface area (Å²) in [6.07, 6.45) is 0.